The minimum atomic E-state index is -0.637. The van der Waals surface area contributed by atoms with Gasteiger partial charge in [0.15, 0.2) is 6.61 Å². The normalized spacial score (nSPS) is 12.0. The lowest BCUT2D eigenvalue weighted by atomic mass is 10.1. The zero-order chi connectivity index (χ0) is 21.8. The number of benzene rings is 1. The largest absolute Gasteiger partial charge is 0.454 e. The minimum Gasteiger partial charge on any atom is -0.454 e. The van der Waals surface area contributed by atoms with Crippen LogP contribution in [-0.2, 0) is 9.47 Å². The van der Waals surface area contributed by atoms with Gasteiger partial charge in [0.05, 0.1) is 12.6 Å². The topological polar surface area (TPSA) is 83.6 Å². The van der Waals surface area contributed by atoms with Crippen LogP contribution in [0, 0.1) is 20.8 Å². The number of hydrogen-bond donors (Lipinski definition) is 0. The Kier molecular flexibility index (Phi) is 6.52. The quantitative estimate of drug-likeness (QED) is 0.406. The Morgan fingerprint density at radius 3 is 2.53 bits per heavy atom. The summed E-state index contributed by atoms with van der Waals surface area (Å²) in [6, 6.07) is 11.1. The molecule has 2 heterocycles. The summed E-state index contributed by atoms with van der Waals surface area (Å²) in [7, 11) is 1.65. The van der Waals surface area contributed by atoms with Crippen molar-refractivity contribution < 1.29 is 23.6 Å². The number of Topliss-reactive ketones (excluding diaryl/α,β-unsaturated/α-hetero) is 1. The molecule has 2 aromatic heterocycles. The van der Waals surface area contributed by atoms with Gasteiger partial charge in [0.25, 0.3) is 0 Å². The van der Waals surface area contributed by atoms with E-state index in [0.29, 0.717) is 23.6 Å². The van der Waals surface area contributed by atoms with Gasteiger partial charge in [0.2, 0.25) is 5.78 Å². The van der Waals surface area contributed by atoms with Crippen molar-refractivity contribution in [3.05, 3.63) is 64.7 Å². The zero-order valence-corrected chi connectivity index (χ0v) is 17.9. The Bertz CT molecular complexity index is 1050. The fourth-order valence-corrected chi connectivity index (χ4v) is 3.74. The van der Waals surface area contributed by atoms with E-state index >= 15 is 0 Å². The smallest absolute Gasteiger partial charge is 0.344 e. The summed E-state index contributed by atoms with van der Waals surface area (Å²) in [4.78, 5) is 25.5. The molecular formula is C23H26N2O5. The van der Waals surface area contributed by atoms with E-state index in [4.69, 9.17) is 14.0 Å². The lowest BCUT2D eigenvalue weighted by molar-refractivity contribution is 0.0473. The third-order valence-corrected chi connectivity index (χ3v) is 5.08. The highest BCUT2D eigenvalue weighted by Gasteiger charge is 2.25. The van der Waals surface area contributed by atoms with Gasteiger partial charge in [-0.15, -0.1) is 0 Å². The summed E-state index contributed by atoms with van der Waals surface area (Å²) in [6.07, 6.45) is 0. The van der Waals surface area contributed by atoms with Crippen LogP contribution in [0.15, 0.2) is 40.9 Å². The molecule has 158 valence electrons. The van der Waals surface area contributed by atoms with Crippen LogP contribution in [0.1, 0.15) is 50.8 Å². The summed E-state index contributed by atoms with van der Waals surface area (Å²) >= 11 is 0. The fourth-order valence-electron chi connectivity index (χ4n) is 3.74. The van der Waals surface area contributed by atoms with E-state index in [1.807, 2.05) is 57.2 Å². The molecule has 3 rings (SSSR count). The van der Waals surface area contributed by atoms with Crippen LogP contribution >= 0.6 is 0 Å². The van der Waals surface area contributed by atoms with E-state index in [9.17, 15) is 9.59 Å². The van der Waals surface area contributed by atoms with E-state index < -0.39 is 5.97 Å². The van der Waals surface area contributed by atoms with Crippen molar-refractivity contribution in [1.29, 1.82) is 0 Å². The van der Waals surface area contributed by atoms with Crippen LogP contribution in [0.2, 0.25) is 0 Å². The van der Waals surface area contributed by atoms with E-state index in [2.05, 4.69) is 9.72 Å². The summed E-state index contributed by atoms with van der Waals surface area (Å²) in [5.74, 6) is -0.553. The van der Waals surface area contributed by atoms with E-state index in [-0.39, 0.29) is 24.0 Å². The summed E-state index contributed by atoms with van der Waals surface area (Å²) in [5, 5.41) is 3.98. The van der Waals surface area contributed by atoms with Crippen LogP contribution in [-0.4, -0.2) is 41.8 Å². The second kappa shape index (κ2) is 9.09. The van der Waals surface area contributed by atoms with Gasteiger partial charge in [-0.3, -0.25) is 4.79 Å². The molecule has 0 saturated carbocycles. The highest BCUT2D eigenvalue weighted by atomic mass is 16.5. The maximum absolute atomic E-state index is 12.8. The van der Waals surface area contributed by atoms with E-state index in [1.165, 1.54) is 0 Å². The number of nitrogens with zero attached hydrogens (tertiary/aromatic N) is 2. The molecule has 0 N–H and O–H groups in total. The van der Waals surface area contributed by atoms with E-state index in [0.717, 1.165) is 17.0 Å². The first kappa shape index (κ1) is 21.5. The number of esters is 1. The number of methoxy groups -OCH3 is 1. The van der Waals surface area contributed by atoms with Crippen molar-refractivity contribution in [2.24, 2.45) is 0 Å². The molecule has 3 aromatic rings. The standard InChI is InChI=1S/C23H26N2O5/c1-14-11-19(16(3)25(14)15(2)12-28-5)20(26)13-29-23(27)21-17(4)30-24-22(21)18-9-7-6-8-10-18/h6-11,15H,12-13H2,1-5H3/t15-/m0/s1. The van der Waals surface area contributed by atoms with Crippen LogP contribution in [0.3, 0.4) is 0 Å². The Balaban J connectivity index is 1.76. The van der Waals surface area contributed by atoms with Crippen molar-refractivity contribution in [2.75, 3.05) is 20.3 Å². The molecule has 0 aliphatic rings. The molecular weight excluding hydrogens is 384 g/mol. The first-order valence-electron chi connectivity index (χ1n) is 9.74. The number of aromatic nitrogens is 2. The Morgan fingerprint density at radius 1 is 1.17 bits per heavy atom. The number of carbonyl (C=O) groups is 2. The van der Waals surface area contributed by atoms with Gasteiger partial charge in [-0.05, 0) is 33.8 Å². The Labute approximate surface area is 175 Å². The van der Waals surface area contributed by atoms with Crippen LogP contribution < -0.4 is 0 Å². The second-order valence-electron chi connectivity index (χ2n) is 7.29. The van der Waals surface area contributed by atoms with Crippen LogP contribution in [0.4, 0.5) is 0 Å². The van der Waals surface area contributed by atoms with Crippen molar-refractivity contribution in [3.63, 3.8) is 0 Å². The number of ether oxygens (including phenoxy) is 2. The molecule has 7 nitrogen and oxygen atoms in total. The SMILES string of the molecule is COC[C@H](C)n1c(C)cc(C(=O)COC(=O)c2c(-c3ccccc3)noc2C)c1C. The maximum Gasteiger partial charge on any atom is 0.344 e. The molecule has 0 unspecified atom stereocenters. The van der Waals surface area contributed by atoms with Gasteiger partial charge in [0, 0.05) is 29.6 Å². The molecule has 0 aliphatic heterocycles. The monoisotopic (exact) mass is 410 g/mol. The number of carbonyl (C=O) groups excluding carboxylic acids is 2. The van der Waals surface area contributed by atoms with Crippen molar-refractivity contribution in [3.8, 4) is 11.3 Å². The Hall–Kier alpha value is -3.19. The van der Waals surface area contributed by atoms with Crippen molar-refractivity contribution >= 4 is 11.8 Å². The molecule has 0 amide bonds. The summed E-state index contributed by atoms with van der Waals surface area (Å²) in [6.45, 7) is 7.66. The average Bonchev–Trinajstić information content (AvgIpc) is 3.26. The first-order valence-corrected chi connectivity index (χ1v) is 9.74. The first-order chi connectivity index (χ1) is 14.3. The lowest BCUT2D eigenvalue weighted by Gasteiger charge is -2.17. The molecule has 0 fully saturated rings. The number of hydrogen-bond acceptors (Lipinski definition) is 6. The highest BCUT2D eigenvalue weighted by Crippen LogP contribution is 2.26. The molecule has 0 aliphatic carbocycles. The highest BCUT2D eigenvalue weighted by molar-refractivity contribution is 6.02. The van der Waals surface area contributed by atoms with Crippen molar-refractivity contribution in [1.82, 2.24) is 9.72 Å². The molecule has 0 radical (unpaired) electrons. The van der Waals surface area contributed by atoms with Gasteiger partial charge in [-0.2, -0.15) is 0 Å². The zero-order valence-electron chi connectivity index (χ0n) is 17.9. The van der Waals surface area contributed by atoms with Gasteiger partial charge in [0.1, 0.15) is 17.0 Å². The molecule has 0 spiro atoms. The van der Waals surface area contributed by atoms with Crippen LogP contribution in [0.5, 0.6) is 0 Å². The Morgan fingerprint density at radius 2 is 1.87 bits per heavy atom. The molecule has 1 aromatic carbocycles. The fraction of sp³-hybridized carbons (Fsp3) is 0.348. The van der Waals surface area contributed by atoms with Gasteiger partial charge in [-0.25, -0.2) is 4.79 Å². The lowest BCUT2D eigenvalue weighted by Crippen LogP contribution is -2.17. The van der Waals surface area contributed by atoms with Gasteiger partial charge >= 0.3 is 5.97 Å². The predicted octanol–water partition coefficient (Wildman–Crippen LogP) is 4.32. The molecule has 30 heavy (non-hydrogen) atoms. The summed E-state index contributed by atoms with van der Waals surface area (Å²) in [5.41, 5.74) is 3.68. The molecule has 0 bridgehead atoms. The molecule has 0 saturated heterocycles. The maximum atomic E-state index is 12.8. The van der Waals surface area contributed by atoms with Crippen molar-refractivity contribution in [2.45, 2.75) is 33.7 Å². The number of ketones is 1. The van der Waals surface area contributed by atoms with E-state index in [1.54, 1.807) is 14.0 Å². The molecule has 7 heteroatoms. The third-order valence-electron chi connectivity index (χ3n) is 5.08. The summed E-state index contributed by atoms with van der Waals surface area (Å²) < 4.78 is 17.8. The van der Waals surface area contributed by atoms with Gasteiger partial charge in [-0.1, -0.05) is 35.5 Å². The predicted molar refractivity (Wildman–Crippen MR) is 112 cm³/mol. The average molecular weight is 410 g/mol. The minimum absolute atomic E-state index is 0.0900. The number of rotatable bonds is 8. The number of aryl methyl sites for hydroxylation is 2. The third kappa shape index (κ3) is 4.21. The second-order valence-corrected chi connectivity index (χ2v) is 7.29. The van der Waals surface area contributed by atoms with Crippen LogP contribution in [0.25, 0.3) is 11.3 Å². The molecule has 1 atom stereocenters. The van der Waals surface area contributed by atoms with Gasteiger partial charge < -0.3 is 18.6 Å².